The molecule has 0 saturated heterocycles. The average Bonchev–Trinajstić information content (AvgIpc) is 2.45. The normalized spacial score (nSPS) is 10.7. The minimum Gasteiger partial charge on any atom is -0.466 e. The zero-order chi connectivity index (χ0) is 15.0. The van der Waals surface area contributed by atoms with E-state index in [1.54, 1.807) is 21.3 Å². The molecule has 0 radical (unpaired) electrons. The second-order valence-electron chi connectivity index (χ2n) is 3.82. The summed E-state index contributed by atoms with van der Waals surface area (Å²) in [6.07, 6.45) is 0.753. The molecule has 0 bridgehead atoms. The molecule has 0 heterocycles. The van der Waals surface area contributed by atoms with Crippen molar-refractivity contribution in [2.75, 3.05) is 41.5 Å². The summed E-state index contributed by atoms with van der Waals surface area (Å²) >= 11 is 5.81. The van der Waals surface area contributed by atoms with Gasteiger partial charge in [0.25, 0.3) is 0 Å². The molecule has 0 unspecified atom stereocenters. The van der Waals surface area contributed by atoms with Crippen LogP contribution in [0.2, 0.25) is 0 Å². The minimum absolute atomic E-state index is 0.173. The molecule has 0 N–H and O–H groups in total. The van der Waals surface area contributed by atoms with Gasteiger partial charge in [-0.3, -0.25) is 0 Å². The van der Waals surface area contributed by atoms with E-state index < -0.39 is 0 Å². The number of halogens is 2. The third kappa shape index (κ3) is 5.03. The van der Waals surface area contributed by atoms with Crippen molar-refractivity contribution in [2.24, 2.45) is 0 Å². The van der Waals surface area contributed by atoms with E-state index in [9.17, 15) is 0 Å². The van der Waals surface area contributed by atoms with Crippen LogP contribution >= 0.6 is 38.5 Å². The number of rotatable bonds is 9. The molecule has 0 atom stereocenters. The van der Waals surface area contributed by atoms with E-state index in [0.29, 0.717) is 18.1 Å². The standard InChI is InChI=1S/C13H18BrIO5/c1-16-5-4-9-12(14)10(19-7-17-2)6-11(13(9)15)20-8-18-3/h6H,4-5,7-8H2,1-3H3. The van der Waals surface area contributed by atoms with Crippen LogP contribution in [-0.4, -0.2) is 41.5 Å². The summed E-state index contributed by atoms with van der Waals surface area (Å²) in [4.78, 5) is 0. The monoisotopic (exact) mass is 460 g/mol. The van der Waals surface area contributed by atoms with Crippen molar-refractivity contribution in [3.05, 3.63) is 19.7 Å². The van der Waals surface area contributed by atoms with Gasteiger partial charge in [-0.1, -0.05) is 0 Å². The number of methoxy groups -OCH3 is 3. The second kappa shape index (κ2) is 9.78. The summed E-state index contributed by atoms with van der Waals surface area (Å²) in [7, 11) is 4.84. The van der Waals surface area contributed by atoms with Gasteiger partial charge in [0.1, 0.15) is 11.5 Å². The van der Waals surface area contributed by atoms with Gasteiger partial charge in [0.2, 0.25) is 0 Å². The van der Waals surface area contributed by atoms with Crippen molar-refractivity contribution in [2.45, 2.75) is 6.42 Å². The first kappa shape index (κ1) is 18.0. The fourth-order valence-corrected chi connectivity index (χ4v) is 3.36. The van der Waals surface area contributed by atoms with Gasteiger partial charge in [-0.25, -0.2) is 0 Å². The fourth-order valence-electron chi connectivity index (χ4n) is 1.52. The molecule has 20 heavy (non-hydrogen) atoms. The van der Waals surface area contributed by atoms with Crippen molar-refractivity contribution in [3.63, 3.8) is 0 Å². The Morgan fingerprint density at radius 2 is 1.60 bits per heavy atom. The van der Waals surface area contributed by atoms with Gasteiger partial charge < -0.3 is 23.7 Å². The first-order chi connectivity index (χ1) is 9.65. The van der Waals surface area contributed by atoms with Crippen LogP contribution in [-0.2, 0) is 20.6 Å². The Labute approximate surface area is 141 Å². The fraction of sp³-hybridized carbons (Fsp3) is 0.538. The number of hydrogen-bond acceptors (Lipinski definition) is 5. The van der Waals surface area contributed by atoms with E-state index in [0.717, 1.165) is 20.0 Å². The summed E-state index contributed by atoms with van der Waals surface area (Å²) in [5.41, 5.74) is 1.08. The van der Waals surface area contributed by atoms with Crippen molar-refractivity contribution in [3.8, 4) is 11.5 Å². The molecule has 5 nitrogen and oxygen atoms in total. The molecule has 0 aliphatic carbocycles. The first-order valence-corrected chi connectivity index (χ1v) is 7.76. The topological polar surface area (TPSA) is 46.2 Å². The highest BCUT2D eigenvalue weighted by atomic mass is 127. The van der Waals surface area contributed by atoms with E-state index in [4.69, 9.17) is 23.7 Å². The highest BCUT2D eigenvalue weighted by Gasteiger charge is 2.17. The predicted molar refractivity (Wildman–Crippen MR) is 87.4 cm³/mol. The van der Waals surface area contributed by atoms with Crippen molar-refractivity contribution < 1.29 is 23.7 Å². The lowest BCUT2D eigenvalue weighted by atomic mass is 10.1. The summed E-state index contributed by atoms with van der Waals surface area (Å²) in [5.74, 6) is 1.39. The molecule has 0 amide bonds. The summed E-state index contributed by atoms with van der Waals surface area (Å²) in [6, 6.07) is 1.82. The van der Waals surface area contributed by atoms with Gasteiger partial charge in [0, 0.05) is 27.4 Å². The summed E-state index contributed by atoms with van der Waals surface area (Å²) in [5, 5.41) is 0. The van der Waals surface area contributed by atoms with Crippen LogP contribution in [0.15, 0.2) is 10.5 Å². The highest BCUT2D eigenvalue weighted by Crippen LogP contribution is 2.38. The lowest BCUT2D eigenvalue weighted by molar-refractivity contribution is 0.0451. The van der Waals surface area contributed by atoms with Crippen molar-refractivity contribution in [1.29, 1.82) is 0 Å². The third-order valence-corrected chi connectivity index (χ3v) is 4.50. The zero-order valence-electron chi connectivity index (χ0n) is 11.7. The molecule has 7 heteroatoms. The van der Waals surface area contributed by atoms with Crippen LogP contribution in [0.5, 0.6) is 11.5 Å². The Hall–Kier alpha value is -0.0900. The van der Waals surface area contributed by atoms with E-state index in [1.807, 2.05) is 6.07 Å². The SMILES string of the molecule is COCCc1c(Br)c(OCOC)cc(OCOC)c1I. The third-order valence-electron chi connectivity index (χ3n) is 2.45. The van der Waals surface area contributed by atoms with Crippen LogP contribution < -0.4 is 9.47 Å². The van der Waals surface area contributed by atoms with E-state index in [-0.39, 0.29) is 13.6 Å². The molecule has 0 fully saturated rings. The Bertz CT molecular complexity index is 395. The number of hydrogen-bond donors (Lipinski definition) is 0. The molecule has 1 aromatic carbocycles. The number of benzene rings is 1. The maximum atomic E-state index is 5.57. The van der Waals surface area contributed by atoms with Crippen LogP contribution in [0.25, 0.3) is 0 Å². The van der Waals surface area contributed by atoms with Gasteiger partial charge in [0.05, 0.1) is 14.6 Å². The Balaban J connectivity index is 3.09. The summed E-state index contributed by atoms with van der Waals surface area (Å²) in [6.45, 7) is 0.976. The minimum atomic E-state index is 0.173. The van der Waals surface area contributed by atoms with Crippen molar-refractivity contribution in [1.82, 2.24) is 0 Å². The lowest BCUT2D eigenvalue weighted by Crippen LogP contribution is -2.07. The smallest absolute Gasteiger partial charge is 0.188 e. The van der Waals surface area contributed by atoms with Crippen LogP contribution in [0.3, 0.4) is 0 Å². The van der Waals surface area contributed by atoms with Gasteiger partial charge in [-0.2, -0.15) is 0 Å². The molecular formula is C13H18BrIO5. The maximum Gasteiger partial charge on any atom is 0.188 e. The van der Waals surface area contributed by atoms with E-state index in [1.165, 1.54) is 0 Å². The first-order valence-electron chi connectivity index (χ1n) is 5.89. The molecule has 0 saturated carbocycles. The predicted octanol–water partition coefficient (Wildman–Crippen LogP) is 3.21. The molecular weight excluding hydrogens is 443 g/mol. The Morgan fingerprint density at radius 1 is 1.00 bits per heavy atom. The molecule has 0 aromatic heterocycles. The Kier molecular flexibility index (Phi) is 8.78. The van der Waals surface area contributed by atoms with Crippen LogP contribution in [0.4, 0.5) is 0 Å². The molecule has 1 aromatic rings. The van der Waals surface area contributed by atoms with Crippen LogP contribution in [0, 0.1) is 3.57 Å². The molecule has 0 spiro atoms. The summed E-state index contributed by atoms with van der Waals surface area (Å²) < 4.78 is 28.0. The van der Waals surface area contributed by atoms with Gasteiger partial charge >= 0.3 is 0 Å². The van der Waals surface area contributed by atoms with Crippen molar-refractivity contribution >= 4 is 38.5 Å². The van der Waals surface area contributed by atoms with Gasteiger partial charge in [0.15, 0.2) is 13.6 Å². The molecule has 114 valence electrons. The second-order valence-corrected chi connectivity index (χ2v) is 5.70. The highest BCUT2D eigenvalue weighted by molar-refractivity contribution is 14.1. The molecule has 0 aliphatic rings. The average molecular weight is 461 g/mol. The largest absolute Gasteiger partial charge is 0.466 e. The number of ether oxygens (including phenoxy) is 5. The van der Waals surface area contributed by atoms with E-state index >= 15 is 0 Å². The van der Waals surface area contributed by atoms with E-state index in [2.05, 4.69) is 38.5 Å². The Morgan fingerprint density at radius 3 is 2.15 bits per heavy atom. The molecule has 0 aliphatic heterocycles. The maximum absolute atomic E-state index is 5.57. The molecule has 1 rings (SSSR count). The van der Waals surface area contributed by atoms with Crippen LogP contribution in [0.1, 0.15) is 5.56 Å². The van der Waals surface area contributed by atoms with Gasteiger partial charge in [-0.15, -0.1) is 0 Å². The zero-order valence-corrected chi connectivity index (χ0v) is 15.4. The van der Waals surface area contributed by atoms with Gasteiger partial charge in [-0.05, 0) is 50.5 Å². The lowest BCUT2D eigenvalue weighted by Gasteiger charge is -2.17. The quantitative estimate of drug-likeness (QED) is 0.418.